The Labute approximate surface area is 146 Å². The van der Waals surface area contributed by atoms with Crippen molar-refractivity contribution in [3.05, 3.63) is 34.9 Å². The van der Waals surface area contributed by atoms with Gasteiger partial charge in [0.15, 0.2) is 0 Å². The maximum absolute atomic E-state index is 13.0. The number of esters is 1. The predicted molar refractivity (Wildman–Crippen MR) is 93.8 cm³/mol. The van der Waals surface area contributed by atoms with E-state index in [0.717, 1.165) is 12.8 Å². The molecule has 0 bridgehead atoms. The monoisotopic (exact) mass is 355 g/mol. The van der Waals surface area contributed by atoms with E-state index in [9.17, 15) is 9.59 Å². The molecule has 0 spiro atoms. The first-order valence-electron chi connectivity index (χ1n) is 7.85. The molecule has 0 radical (unpaired) electrons. The highest BCUT2D eigenvalue weighted by Gasteiger charge is 2.42. The maximum Gasteiger partial charge on any atom is 0.330 e. The van der Waals surface area contributed by atoms with Gasteiger partial charge in [0.1, 0.15) is 6.04 Å². The van der Waals surface area contributed by atoms with Gasteiger partial charge in [0.05, 0.1) is 22.1 Å². The van der Waals surface area contributed by atoms with Crippen LogP contribution in [0.1, 0.15) is 44.0 Å². The summed E-state index contributed by atoms with van der Waals surface area (Å²) in [5.74, 6) is 0.0168. The van der Waals surface area contributed by atoms with Crippen molar-refractivity contribution in [2.45, 2.75) is 51.1 Å². The van der Waals surface area contributed by atoms with Crippen LogP contribution in [0.4, 0.5) is 0 Å². The molecule has 0 aromatic heterocycles. The molecule has 0 unspecified atom stereocenters. The Bertz CT molecular complexity index is 579. The van der Waals surface area contributed by atoms with Crippen molar-refractivity contribution in [3.8, 4) is 0 Å². The second-order valence-electron chi connectivity index (χ2n) is 5.77. The van der Waals surface area contributed by atoms with Gasteiger partial charge < -0.3 is 9.64 Å². The first-order chi connectivity index (χ1) is 11.0. The standard InChI is InChI=1S/C17H22ClNO3S/c1-4-7-15-19(14(10-23-15)17(21)22-11(2)3)16(20)12-8-5-6-9-13(12)18/h5-6,8-9,11,14-15H,4,7,10H2,1-3H3/t14-,15-/m1/s1. The van der Waals surface area contributed by atoms with Gasteiger partial charge in [-0.05, 0) is 32.4 Å². The molecule has 126 valence electrons. The average Bonchev–Trinajstić information content (AvgIpc) is 2.90. The number of hydrogen-bond acceptors (Lipinski definition) is 4. The minimum Gasteiger partial charge on any atom is -0.461 e. The lowest BCUT2D eigenvalue weighted by atomic mass is 10.1. The summed E-state index contributed by atoms with van der Waals surface area (Å²) in [5, 5.41) is 0.383. The normalized spacial score (nSPS) is 20.8. The molecule has 1 aliphatic rings. The van der Waals surface area contributed by atoms with Crippen molar-refractivity contribution >= 4 is 35.2 Å². The van der Waals surface area contributed by atoms with Crippen molar-refractivity contribution in [1.82, 2.24) is 4.90 Å². The lowest BCUT2D eigenvalue weighted by Gasteiger charge is -2.29. The summed E-state index contributed by atoms with van der Waals surface area (Å²) >= 11 is 7.79. The number of amides is 1. The highest BCUT2D eigenvalue weighted by Crippen LogP contribution is 2.35. The SMILES string of the molecule is CCC[C@H]1SC[C@H](C(=O)OC(C)C)N1C(=O)c1ccccc1Cl. The van der Waals surface area contributed by atoms with Crippen molar-refractivity contribution in [1.29, 1.82) is 0 Å². The lowest BCUT2D eigenvalue weighted by molar-refractivity contribution is -0.151. The Morgan fingerprint density at radius 1 is 1.39 bits per heavy atom. The van der Waals surface area contributed by atoms with Gasteiger partial charge in [-0.2, -0.15) is 0 Å². The molecule has 1 aromatic rings. The van der Waals surface area contributed by atoms with E-state index in [1.807, 2.05) is 13.8 Å². The highest BCUT2D eigenvalue weighted by atomic mass is 35.5. The van der Waals surface area contributed by atoms with E-state index in [4.69, 9.17) is 16.3 Å². The van der Waals surface area contributed by atoms with Crippen molar-refractivity contribution in [3.63, 3.8) is 0 Å². The van der Waals surface area contributed by atoms with Gasteiger partial charge in [-0.1, -0.05) is 37.1 Å². The number of carbonyl (C=O) groups excluding carboxylic acids is 2. The molecule has 1 heterocycles. The Morgan fingerprint density at radius 2 is 2.09 bits per heavy atom. The molecule has 6 heteroatoms. The van der Waals surface area contributed by atoms with Crippen LogP contribution in [0.15, 0.2) is 24.3 Å². The fourth-order valence-corrected chi connectivity index (χ4v) is 4.29. The second kappa shape index (κ2) is 8.06. The smallest absolute Gasteiger partial charge is 0.330 e. The number of rotatable bonds is 5. The van der Waals surface area contributed by atoms with Gasteiger partial charge in [-0.15, -0.1) is 11.8 Å². The quantitative estimate of drug-likeness (QED) is 0.749. The number of benzene rings is 1. The van der Waals surface area contributed by atoms with Crippen LogP contribution in [0.3, 0.4) is 0 Å². The van der Waals surface area contributed by atoms with Gasteiger partial charge in [0.25, 0.3) is 5.91 Å². The van der Waals surface area contributed by atoms with Crippen LogP contribution >= 0.6 is 23.4 Å². The van der Waals surface area contributed by atoms with Crippen molar-refractivity contribution in [2.75, 3.05) is 5.75 Å². The number of hydrogen-bond donors (Lipinski definition) is 0. The Kier molecular flexibility index (Phi) is 6.36. The first-order valence-corrected chi connectivity index (χ1v) is 9.27. The van der Waals surface area contributed by atoms with E-state index in [1.165, 1.54) is 0 Å². The second-order valence-corrected chi connectivity index (χ2v) is 7.39. The predicted octanol–water partition coefficient (Wildman–Crippen LogP) is 3.98. The molecule has 4 nitrogen and oxygen atoms in total. The largest absolute Gasteiger partial charge is 0.461 e. The van der Waals surface area contributed by atoms with E-state index in [0.29, 0.717) is 16.3 Å². The molecule has 0 saturated carbocycles. The Morgan fingerprint density at radius 3 is 2.70 bits per heavy atom. The van der Waals surface area contributed by atoms with E-state index < -0.39 is 6.04 Å². The molecular weight excluding hydrogens is 334 g/mol. The zero-order valence-corrected chi connectivity index (χ0v) is 15.2. The third-order valence-electron chi connectivity index (χ3n) is 3.59. The van der Waals surface area contributed by atoms with Gasteiger partial charge in [-0.25, -0.2) is 4.79 Å². The fourth-order valence-electron chi connectivity index (χ4n) is 2.57. The minimum atomic E-state index is -0.553. The zero-order valence-electron chi connectivity index (χ0n) is 13.6. The third-order valence-corrected chi connectivity index (χ3v) is 5.28. The summed E-state index contributed by atoms with van der Waals surface area (Å²) in [7, 11) is 0. The summed E-state index contributed by atoms with van der Waals surface area (Å²) < 4.78 is 5.33. The number of carbonyl (C=O) groups is 2. The van der Waals surface area contributed by atoms with Crippen LogP contribution in [-0.2, 0) is 9.53 Å². The van der Waals surface area contributed by atoms with E-state index in [2.05, 4.69) is 6.92 Å². The molecule has 1 fully saturated rings. The molecule has 23 heavy (non-hydrogen) atoms. The van der Waals surface area contributed by atoms with Gasteiger partial charge in [0.2, 0.25) is 0 Å². The lowest BCUT2D eigenvalue weighted by Crippen LogP contribution is -2.46. The van der Waals surface area contributed by atoms with Gasteiger partial charge in [-0.3, -0.25) is 4.79 Å². The molecule has 2 atom stereocenters. The molecule has 1 saturated heterocycles. The molecule has 1 aromatic carbocycles. The number of halogens is 1. The number of thioether (sulfide) groups is 1. The average molecular weight is 356 g/mol. The fraction of sp³-hybridized carbons (Fsp3) is 0.529. The molecule has 0 aliphatic carbocycles. The maximum atomic E-state index is 13.0. The van der Waals surface area contributed by atoms with Crippen LogP contribution in [-0.4, -0.2) is 40.0 Å². The Balaban J connectivity index is 2.29. The van der Waals surface area contributed by atoms with E-state index in [-0.39, 0.29) is 23.4 Å². The van der Waals surface area contributed by atoms with Crippen LogP contribution in [0.2, 0.25) is 5.02 Å². The van der Waals surface area contributed by atoms with E-state index in [1.54, 1.807) is 40.9 Å². The van der Waals surface area contributed by atoms with Crippen LogP contribution in [0, 0.1) is 0 Å². The van der Waals surface area contributed by atoms with Crippen LogP contribution in [0.5, 0.6) is 0 Å². The summed E-state index contributed by atoms with van der Waals surface area (Å²) in [6.07, 6.45) is 1.58. The summed E-state index contributed by atoms with van der Waals surface area (Å²) in [5.41, 5.74) is 0.431. The van der Waals surface area contributed by atoms with E-state index >= 15 is 0 Å². The zero-order chi connectivity index (χ0) is 17.0. The van der Waals surface area contributed by atoms with Gasteiger partial charge >= 0.3 is 5.97 Å². The number of nitrogens with zero attached hydrogens (tertiary/aromatic N) is 1. The molecule has 1 aliphatic heterocycles. The Hall–Kier alpha value is -1.20. The molecular formula is C17H22ClNO3S. The number of ether oxygens (including phenoxy) is 1. The van der Waals surface area contributed by atoms with Crippen LogP contribution in [0.25, 0.3) is 0 Å². The van der Waals surface area contributed by atoms with Crippen molar-refractivity contribution < 1.29 is 14.3 Å². The summed E-state index contributed by atoms with van der Waals surface area (Å²) in [6, 6.07) is 6.39. The van der Waals surface area contributed by atoms with Crippen LogP contribution < -0.4 is 0 Å². The molecule has 1 amide bonds. The highest BCUT2D eigenvalue weighted by molar-refractivity contribution is 8.00. The first kappa shape index (κ1) is 18.1. The topological polar surface area (TPSA) is 46.6 Å². The van der Waals surface area contributed by atoms with Gasteiger partial charge in [0, 0.05) is 5.75 Å². The third kappa shape index (κ3) is 4.21. The van der Waals surface area contributed by atoms with Crippen molar-refractivity contribution in [2.24, 2.45) is 0 Å². The summed E-state index contributed by atoms with van der Waals surface area (Å²) in [6.45, 7) is 5.69. The minimum absolute atomic E-state index is 0.0199. The molecule has 0 N–H and O–H groups in total. The molecule has 2 rings (SSSR count). The summed E-state index contributed by atoms with van der Waals surface area (Å²) in [4.78, 5) is 27.0.